The third-order valence-corrected chi connectivity index (χ3v) is 4.37. The second kappa shape index (κ2) is 5.93. The lowest BCUT2D eigenvalue weighted by Crippen LogP contribution is -2.33. The molecular formula is C16H23N3O2. The number of aryl methyl sites for hydroxylation is 1. The Kier molecular flexibility index (Phi) is 4.01. The fourth-order valence-electron chi connectivity index (χ4n) is 3.08. The van der Waals surface area contributed by atoms with E-state index in [4.69, 9.17) is 0 Å². The van der Waals surface area contributed by atoms with Crippen molar-refractivity contribution in [2.75, 3.05) is 36.4 Å². The van der Waals surface area contributed by atoms with E-state index < -0.39 is 0 Å². The van der Waals surface area contributed by atoms with Gasteiger partial charge < -0.3 is 20.2 Å². The van der Waals surface area contributed by atoms with E-state index in [2.05, 4.69) is 22.3 Å². The van der Waals surface area contributed by atoms with Crippen LogP contribution in [0.3, 0.4) is 0 Å². The quantitative estimate of drug-likeness (QED) is 0.877. The summed E-state index contributed by atoms with van der Waals surface area (Å²) >= 11 is 0. The number of carbonyl (C=O) groups excluding carboxylic acids is 1. The third kappa shape index (κ3) is 3.13. The molecule has 0 bridgehead atoms. The van der Waals surface area contributed by atoms with Gasteiger partial charge in [0.25, 0.3) is 0 Å². The minimum absolute atomic E-state index is 0.122. The molecule has 2 saturated heterocycles. The predicted molar refractivity (Wildman–Crippen MR) is 83.8 cm³/mol. The number of hydrogen-bond donors (Lipinski definition) is 2. The second-order valence-electron chi connectivity index (χ2n) is 6.01. The molecule has 5 heteroatoms. The summed E-state index contributed by atoms with van der Waals surface area (Å²) in [6, 6.07) is 6.07. The summed E-state index contributed by atoms with van der Waals surface area (Å²) in [6.07, 6.45) is 2.80. The Bertz CT molecular complexity index is 526. The molecule has 0 unspecified atom stereocenters. The van der Waals surface area contributed by atoms with Crippen LogP contribution in [0.2, 0.25) is 0 Å². The van der Waals surface area contributed by atoms with Crippen molar-refractivity contribution in [3.05, 3.63) is 23.8 Å². The molecule has 1 aromatic rings. The maximum absolute atomic E-state index is 12.1. The molecule has 1 atom stereocenters. The number of urea groups is 1. The molecule has 21 heavy (non-hydrogen) atoms. The normalized spacial score (nSPS) is 21.9. The molecule has 0 saturated carbocycles. The van der Waals surface area contributed by atoms with Crippen molar-refractivity contribution in [2.45, 2.75) is 32.3 Å². The topological polar surface area (TPSA) is 55.8 Å². The van der Waals surface area contributed by atoms with Crippen molar-refractivity contribution in [2.24, 2.45) is 0 Å². The van der Waals surface area contributed by atoms with Crippen LogP contribution in [0.1, 0.15) is 24.8 Å². The Labute approximate surface area is 125 Å². The van der Waals surface area contributed by atoms with Crippen molar-refractivity contribution >= 4 is 17.4 Å². The zero-order valence-corrected chi connectivity index (χ0v) is 12.5. The Balaban J connectivity index is 1.66. The lowest BCUT2D eigenvalue weighted by molar-refractivity contribution is 0.176. The van der Waals surface area contributed by atoms with Gasteiger partial charge in [0.05, 0.1) is 6.10 Å². The highest BCUT2D eigenvalue weighted by Crippen LogP contribution is 2.26. The van der Waals surface area contributed by atoms with Crippen molar-refractivity contribution in [3.63, 3.8) is 0 Å². The molecule has 2 fully saturated rings. The molecule has 0 radical (unpaired) electrons. The minimum atomic E-state index is -0.380. The van der Waals surface area contributed by atoms with Gasteiger partial charge in [0, 0.05) is 37.6 Å². The maximum atomic E-state index is 12.1. The molecule has 2 N–H and O–H groups in total. The third-order valence-electron chi connectivity index (χ3n) is 4.37. The van der Waals surface area contributed by atoms with Gasteiger partial charge >= 0.3 is 6.03 Å². The first-order valence-electron chi connectivity index (χ1n) is 7.73. The van der Waals surface area contributed by atoms with Gasteiger partial charge in [0.15, 0.2) is 0 Å². The van der Waals surface area contributed by atoms with Crippen LogP contribution in [0.5, 0.6) is 0 Å². The number of likely N-dealkylation sites (tertiary alicyclic amines) is 1. The van der Waals surface area contributed by atoms with Crippen molar-refractivity contribution in [1.82, 2.24) is 4.90 Å². The molecule has 5 nitrogen and oxygen atoms in total. The fourth-order valence-corrected chi connectivity index (χ4v) is 3.08. The van der Waals surface area contributed by atoms with E-state index in [1.54, 1.807) is 4.90 Å². The number of carbonyl (C=O) groups is 1. The van der Waals surface area contributed by atoms with Crippen molar-refractivity contribution < 1.29 is 9.90 Å². The molecule has 1 aromatic carbocycles. The van der Waals surface area contributed by atoms with Crippen LogP contribution in [0.25, 0.3) is 0 Å². The largest absolute Gasteiger partial charge is 0.391 e. The predicted octanol–water partition coefficient (Wildman–Crippen LogP) is 2.19. The first-order chi connectivity index (χ1) is 10.1. The Morgan fingerprint density at radius 2 is 2.05 bits per heavy atom. The van der Waals surface area contributed by atoms with E-state index in [-0.39, 0.29) is 12.1 Å². The number of rotatable bonds is 2. The van der Waals surface area contributed by atoms with E-state index in [9.17, 15) is 9.90 Å². The van der Waals surface area contributed by atoms with Gasteiger partial charge in [-0.2, -0.15) is 0 Å². The molecule has 114 valence electrons. The van der Waals surface area contributed by atoms with Gasteiger partial charge in [-0.15, -0.1) is 0 Å². The first kappa shape index (κ1) is 14.2. The van der Waals surface area contributed by atoms with Crippen LogP contribution < -0.4 is 10.2 Å². The molecule has 0 aliphatic carbocycles. The summed E-state index contributed by atoms with van der Waals surface area (Å²) in [5.74, 6) is 0. The molecule has 2 amide bonds. The van der Waals surface area contributed by atoms with Crippen LogP contribution in [0.4, 0.5) is 16.2 Å². The van der Waals surface area contributed by atoms with Gasteiger partial charge in [-0.25, -0.2) is 4.79 Å². The summed E-state index contributed by atoms with van der Waals surface area (Å²) in [5, 5.41) is 12.4. The van der Waals surface area contributed by atoms with E-state index in [0.717, 1.165) is 24.3 Å². The van der Waals surface area contributed by atoms with Crippen LogP contribution in [0, 0.1) is 6.92 Å². The number of aliphatic hydroxyl groups excluding tert-OH is 1. The highest BCUT2D eigenvalue weighted by atomic mass is 16.3. The van der Waals surface area contributed by atoms with E-state index in [1.165, 1.54) is 18.5 Å². The zero-order chi connectivity index (χ0) is 14.8. The Morgan fingerprint density at radius 3 is 2.67 bits per heavy atom. The van der Waals surface area contributed by atoms with Crippen LogP contribution >= 0.6 is 0 Å². The Hall–Kier alpha value is -1.75. The lowest BCUT2D eigenvalue weighted by atomic mass is 10.1. The SMILES string of the molecule is Cc1cc(N2CCCC2)ccc1NC(=O)N1CC[C@H](O)C1. The van der Waals surface area contributed by atoms with Crippen molar-refractivity contribution in [3.8, 4) is 0 Å². The second-order valence-corrected chi connectivity index (χ2v) is 6.01. The maximum Gasteiger partial charge on any atom is 0.321 e. The number of hydrogen-bond acceptors (Lipinski definition) is 3. The summed E-state index contributed by atoms with van der Waals surface area (Å²) < 4.78 is 0. The highest BCUT2D eigenvalue weighted by Gasteiger charge is 2.24. The average molecular weight is 289 g/mol. The number of benzene rings is 1. The smallest absolute Gasteiger partial charge is 0.321 e. The molecular weight excluding hydrogens is 266 g/mol. The summed E-state index contributed by atoms with van der Waals surface area (Å²) in [4.78, 5) is 16.2. The number of anilines is 2. The summed E-state index contributed by atoms with van der Waals surface area (Å²) in [7, 11) is 0. The van der Waals surface area contributed by atoms with Crippen LogP contribution in [0.15, 0.2) is 18.2 Å². The molecule has 3 rings (SSSR count). The van der Waals surface area contributed by atoms with Crippen LogP contribution in [-0.2, 0) is 0 Å². The van der Waals surface area contributed by atoms with Gasteiger partial charge in [0.1, 0.15) is 0 Å². The monoisotopic (exact) mass is 289 g/mol. The summed E-state index contributed by atoms with van der Waals surface area (Å²) in [6.45, 7) is 5.32. The van der Waals surface area contributed by atoms with Gasteiger partial charge in [-0.1, -0.05) is 0 Å². The van der Waals surface area contributed by atoms with Crippen LogP contribution in [-0.4, -0.2) is 48.3 Å². The first-order valence-corrected chi connectivity index (χ1v) is 7.73. The molecule has 2 aliphatic heterocycles. The van der Waals surface area contributed by atoms with E-state index in [1.807, 2.05) is 13.0 Å². The van der Waals surface area contributed by atoms with Gasteiger partial charge in [-0.05, 0) is 49.9 Å². The molecule has 2 heterocycles. The average Bonchev–Trinajstić information content (AvgIpc) is 3.12. The Morgan fingerprint density at radius 1 is 1.29 bits per heavy atom. The number of aliphatic hydroxyl groups is 1. The molecule has 2 aliphatic rings. The minimum Gasteiger partial charge on any atom is -0.391 e. The van der Waals surface area contributed by atoms with E-state index >= 15 is 0 Å². The van der Waals surface area contributed by atoms with Gasteiger partial charge in [0.2, 0.25) is 0 Å². The fraction of sp³-hybridized carbons (Fsp3) is 0.562. The summed E-state index contributed by atoms with van der Waals surface area (Å²) in [5.41, 5.74) is 3.16. The zero-order valence-electron chi connectivity index (χ0n) is 12.5. The molecule has 0 aromatic heterocycles. The van der Waals surface area contributed by atoms with Gasteiger partial charge in [-0.3, -0.25) is 0 Å². The number of nitrogens with zero attached hydrogens (tertiary/aromatic N) is 2. The lowest BCUT2D eigenvalue weighted by Gasteiger charge is -2.21. The standard InChI is InChI=1S/C16H23N3O2/c1-12-10-13(18-7-2-3-8-18)4-5-15(12)17-16(21)19-9-6-14(20)11-19/h4-5,10,14,20H,2-3,6-9,11H2,1H3,(H,17,21)/t14-/m0/s1. The number of β-amino-alcohol motifs (C(OH)–C–C–N with tert-alkyl or cyclic N) is 1. The number of nitrogens with one attached hydrogen (secondary N) is 1. The number of amides is 2. The highest BCUT2D eigenvalue weighted by molar-refractivity contribution is 5.90. The molecule has 0 spiro atoms. The van der Waals surface area contributed by atoms with E-state index in [0.29, 0.717) is 19.5 Å². The van der Waals surface area contributed by atoms with Crippen molar-refractivity contribution in [1.29, 1.82) is 0 Å².